The van der Waals surface area contributed by atoms with Crippen molar-refractivity contribution in [3.63, 3.8) is 0 Å². The number of nitrogens with zero attached hydrogens (tertiary/aromatic N) is 2. The summed E-state index contributed by atoms with van der Waals surface area (Å²) < 4.78 is 35.4. The standard InChI is InChI=1S/C25H19F2N3O2/c1-15-9-10-18(32-15)13-22-25(31)30-14-23(19-7-2-3-8-20(19)27)28-21(24(30)29-22)12-16-5-4-6-17(26)11-16/h2-11,14,22H,12-13H2,1H3/p+1. The number of benzene rings is 2. The molecule has 0 bridgehead atoms. The first-order valence-electron chi connectivity index (χ1n) is 10.3. The van der Waals surface area contributed by atoms with Gasteiger partial charge in [-0.05, 0) is 48.9 Å². The molecule has 0 aliphatic carbocycles. The summed E-state index contributed by atoms with van der Waals surface area (Å²) in [6, 6.07) is 15.6. The largest absolute Gasteiger partial charge is 0.466 e. The predicted molar refractivity (Wildman–Crippen MR) is 114 cm³/mol. The van der Waals surface area contributed by atoms with Crippen LogP contribution in [0.15, 0.2) is 71.3 Å². The van der Waals surface area contributed by atoms with Gasteiger partial charge in [0.25, 0.3) is 0 Å². The number of hydrogen-bond acceptors (Lipinski definition) is 4. The number of aromatic nitrogens is 2. The van der Waals surface area contributed by atoms with E-state index in [1.54, 1.807) is 36.5 Å². The summed E-state index contributed by atoms with van der Waals surface area (Å²) in [5.74, 6) is 1.01. The molecule has 7 heteroatoms. The highest BCUT2D eigenvalue weighted by Gasteiger charge is 2.41. The Kier molecular flexibility index (Phi) is 5.01. The summed E-state index contributed by atoms with van der Waals surface area (Å²) in [4.78, 5) is 17.9. The normalized spacial score (nSPS) is 15.0. The highest BCUT2D eigenvalue weighted by atomic mass is 19.1. The molecule has 5 rings (SSSR count). The van der Waals surface area contributed by atoms with Crippen molar-refractivity contribution in [2.45, 2.75) is 25.8 Å². The molecular weight excluding hydrogens is 412 g/mol. The van der Waals surface area contributed by atoms with E-state index in [2.05, 4.69) is 10.3 Å². The van der Waals surface area contributed by atoms with Crippen LogP contribution in [0, 0.1) is 18.6 Å². The molecule has 2 aromatic heterocycles. The fourth-order valence-electron chi connectivity index (χ4n) is 3.97. The quantitative estimate of drug-likeness (QED) is 0.473. The van der Waals surface area contributed by atoms with E-state index in [4.69, 9.17) is 4.42 Å². The van der Waals surface area contributed by atoms with Gasteiger partial charge in [0.15, 0.2) is 0 Å². The van der Waals surface area contributed by atoms with Gasteiger partial charge in [0.05, 0.1) is 6.42 Å². The van der Waals surface area contributed by atoms with Crippen LogP contribution in [-0.2, 0) is 12.8 Å². The van der Waals surface area contributed by atoms with Crippen molar-refractivity contribution in [2.24, 2.45) is 0 Å². The summed E-state index contributed by atoms with van der Waals surface area (Å²) in [5, 5.41) is 3.24. The van der Waals surface area contributed by atoms with Gasteiger partial charge >= 0.3 is 11.7 Å². The molecule has 1 aliphatic heterocycles. The van der Waals surface area contributed by atoms with Gasteiger partial charge in [-0.1, -0.05) is 24.3 Å². The molecule has 0 amide bonds. The zero-order valence-corrected chi connectivity index (χ0v) is 17.3. The van der Waals surface area contributed by atoms with Gasteiger partial charge < -0.3 is 4.42 Å². The van der Waals surface area contributed by atoms with Gasteiger partial charge in [-0.15, -0.1) is 0 Å². The van der Waals surface area contributed by atoms with E-state index >= 15 is 0 Å². The molecule has 32 heavy (non-hydrogen) atoms. The van der Waals surface area contributed by atoms with Gasteiger partial charge in [-0.3, -0.25) is 5.32 Å². The number of aryl methyl sites for hydroxylation is 1. The Morgan fingerprint density at radius 2 is 1.94 bits per heavy atom. The van der Waals surface area contributed by atoms with Crippen molar-refractivity contribution in [2.75, 3.05) is 5.32 Å². The van der Waals surface area contributed by atoms with Crippen LogP contribution < -0.4 is 9.88 Å². The topological polar surface area (TPSA) is 59.0 Å². The first-order valence-corrected chi connectivity index (χ1v) is 10.3. The second kappa shape index (κ2) is 8.00. The minimum atomic E-state index is -0.551. The zero-order chi connectivity index (χ0) is 22.2. The van der Waals surface area contributed by atoms with E-state index < -0.39 is 11.9 Å². The average Bonchev–Trinajstić information content (AvgIpc) is 3.32. The summed E-state index contributed by atoms with van der Waals surface area (Å²) >= 11 is 0. The molecule has 5 nitrogen and oxygen atoms in total. The van der Waals surface area contributed by atoms with Crippen LogP contribution in [0.2, 0.25) is 0 Å². The Hall–Kier alpha value is -3.87. The number of hydrogen-bond donors (Lipinski definition) is 1. The lowest BCUT2D eigenvalue weighted by atomic mass is 10.1. The van der Waals surface area contributed by atoms with Crippen molar-refractivity contribution >= 4 is 11.7 Å². The van der Waals surface area contributed by atoms with E-state index in [0.29, 0.717) is 40.5 Å². The van der Waals surface area contributed by atoms with E-state index in [-0.39, 0.29) is 18.1 Å². The third kappa shape index (κ3) is 3.77. The Morgan fingerprint density at radius 1 is 1.09 bits per heavy atom. The number of carbonyl (C=O) groups is 1. The molecule has 3 heterocycles. The number of fused-ring (bicyclic) bond motifs is 1. The van der Waals surface area contributed by atoms with Crippen LogP contribution in [0.1, 0.15) is 27.6 Å². The minimum absolute atomic E-state index is 0.186. The molecule has 1 unspecified atom stereocenters. The van der Waals surface area contributed by atoms with Gasteiger partial charge in [0.2, 0.25) is 6.04 Å². The lowest BCUT2D eigenvalue weighted by molar-refractivity contribution is -0.552. The van der Waals surface area contributed by atoms with Gasteiger partial charge in [-0.2, -0.15) is 4.57 Å². The highest BCUT2D eigenvalue weighted by Crippen LogP contribution is 2.26. The maximum Gasteiger partial charge on any atom is 0.359 e. The van der Waals surface area contributed by atoms with Crippen molar-refractivity contribution in [3.05, 3.63) is 101 Å². The molecule has 1 atom stereocenters. The Bertz CT molecular complexity index is 1330. The fraction of sp³-hybridized carbons (Fsp3) is 0.160. The molecule has 0 radical (unpaired) electrons. The van der Waals surface area contributed by atoms with Gasteiger partial charge in [-0.25, -0.2) is 18.6 Å². The van der Waals surface area contributed by atoms with Crippen LogP contribution in [0.25, 0.3) is 11.3 Å². The summed E-state index contributed by atoms with van der Waals surface area (Å²) in [6.45, 7) is 1.85. The molecule has 0 saturated carbocycles. The third-order valence-electron chi connectivity index (χ3n) is 5.48. The first kappa shape index (κ1) is 20.1. The van der Waals surface area contributed by atoms with E-state index in [1.807, 2.05) is 19.1 Å². The summed E-state index contributed by atoms with van der Waals surface area (Å²) in [6.07, 6.45) is 2.19. The monoisotopic (exact) mass is 432 g/mol. The zero-order valence-electron chi connectivity index (χ0n) is 17.3. The lowest BCUT2D eigenvalue weighted by Gasteiger charge is -2.08. The molecule has 4 aromatic rings. The van der Waals surface area contributed by atoms with Gasteiger partial charge in [0, 0.05) is 12.0 Å². The van der Waals surface area contributed by atoms with E-state index in [0.717, 1.165) is 5.76 Å². The molecule has 1 aliphatic rings. The second-order valence-electron chi connectivity index (χ2n) is 7.83. The SMILES string of the molecule is Cc1ccc(CC2Nc3c(Cc4cccc(F)c4)nc(-c4ccccc4F)c[n+]3C2=O)o1. The second-order valence-corrected chi connectivity index (χ2v) is 7.83. The number of rotatable bonds is 5. The average molecular weight is 432 g/mol. The fourth-order valence-corrected chi connectivity index (χ4v) is 3.97. The summed E-state index contributed by atoms with van der Waals surface area (Å²) in [5.41, 5.74) is 1.86. The minimum Gasteiger partial charge on any atom is -0.466 e. The molecule has 2 aromatic carbocycles. The van der Waals surface area contributed by atoms with Crippen LogP contribution in [0.3, 0.4) is 0 Å². The molecule has 160 valence electrons. The first-order chi connectivity index (χ1) is 15.5. The highest BCUT2D eigenvalue weighted by molar-refractivity contribution is 5.82. The van der Waals surface area contributed by atoms with Crippen molar-refractivity contribution in [3.8, 4) is 11.3 Å². The van der Waals surface area contributed by atoms with Crippen molar-refractivity contribution in [1.82, 2.24) is 4.98 Å². The molecule has 0 saturated heterocycles. The lowest BCUT2D eigenvalue weighted by Crippen LogP contribution is -2.44. The van der Waals surface area contributed by atoms with Crippen LogP contribution in [-0.4, -0.2) is 16.9 Å². The summed E-state index contributed by atoms with van der Waals surface area (Å²) in [7, 11) is 0. The van der Waals surface area contributed by atoms with Crippen LogP contribution >= 0.6 is 0 Å². The number of anilines is 1. The van der Waals surface area contributed by atoms with Gasteiger partial charge in [0.1, 0.15) is 40.7 Å². The van der Waals surface area contributed by atoms with Crippen molar-refractivity contribution < 1.29 is 22.6 Å². The Labute approximate surface area is 183 Å². The molecule has 0 fully saturated rings. The number of carbonyl (C=O) groups excluding carboxylic acids is 1. The molecule has 1 N–H and O–H groups in total. The number of halogens is 2. The van der Waals surface area contributed by atoms with E-state index in [9.17, 15) is 13.6 Å². The van der Waals surface area contributed by atoms with Crippen LogP contribution in [0.5, 0.6) is 0 Å². The third-order valence-corrected chi connectivity index (χ3v) is 5.48. The van der Waals surface area contributed by atoms with Crippen molar-refractivity contribution in [1.29, 1.82) is 0 Å². The Balaban J connectivity index is 1.57. The Morgan fingerprint density at radius 3 is 2.69 bits per heavy atom. The molecule has 0 spiro atoms. The predicted octanol–water partition coefficient (Wildman–Crippen LogP) is 4.48. The smallest absolute Gasteiger partial charge is 0.359 e. The molecular formula is C25H20F2N3O2+. The van der Waals surface area contributed by atoms with E-state index in [1.165, 1.54) is 22.8 Å². The number of nitrogens with one attached hydrogen (secondary N) is 1. The number of furan rings is 1. The van der Waals surface area contributed by atoms with Crippen LogP contribution in [0.4, 0.5) is 14.6 Å². The maximum atomic E-state index is 14.5. The maximum absolute atomic E-state index is 14.5.